The van der Waals surface area contributed by atoms with E-state index in [1.807, 2.05) is 44.2 Å². The van der Waals surface area contributed by atoms with E-state index in [1.54, 1.807) is 0 Å². The third-order valence-corrected chi connectivity index (χ3v) is 3.38. The van der Waals surface area contributed by atoms with Crippen molar-refractivity contribution in [3.05, 3.63) is 59.2 Å². The summed E-state index contributed by atoms with van der Waals surface area (Å²) in [7, 11) is 0. The first kappa shape index (κ1) is 16.0. The van der Waals surface area contributed by atoms with Crippen LogP contribution in [0.1, 0.15) is 16.7 Å². The van der Waals surface area contributed by atoms with Crippen molar-refractivity contribution >= 4 is 11.6 Å². The van der Waals surface area contributed by atoms with E-state index in [1.165, 1.54) is 0 Å². The van der Waals surface area contributed by atoms with Crippen molar-refractivity contribution < 1.29 is 9.53 Å². The summed E-state index contributed by atoms with van der Waals surface area (Å²) in [5.41, 5.74) is 9.49. The van der Waals surface area contributed by atoms with Gasteiger partial charge in [-0.05, 0) is 49.2 Å². The normalized spacial score (nSPS) is 10.3. The Hall–Kier alpha value is -2.33. The van der Waals surface area contributed by atoms with E-state index in [2.05, 4.69) is 17.4 Å². The van der Waals surface area contributed by atoms with Crippen molar-refractivity contribution in [1.29, 1.82) is 0 Å². The highest BCUT2D eigenvalue weighted by Crippen LogP contribution is 2.17. The minimum atomic E-state index is -0.0238. The maximum Gasteiger partial charge on any atom is 0.228 e. The van der Waals surface area contributed by atoms with E-state index in [0.29, 0.717) is 19.6 Å². The molecule has 0 bridgehead atoms. The van der Waals surface area contributed by atoms with Gasteiger partial charge < -0.3 is 15.8 Å². The molecule has 0 aliphatic carbocycles. The van der Waals surface area contributed by atoms with Crippen LogP contribution in [0.15, 0.2) is 42.5 Å². The first-order chi connectivity index (χ1) is 10.6. The topological polar surface area (TPSA) is 64.3 Å². The van der Waals surface area contributed by atoms with Gasteiger partial charge in [0.05, 0.1) is 6.42 Å². The molecule has 0 aliphatic rings. The fraction of sp³-hybridized carbons (Fsp3) is 0.278. The average molecular weight is 298 g/mol. The third kappa shape index (κ3) is 4.60. The van der Waals surface area contributed by atoms with Crippen LogP contribution in [-0.4, -0.2) is 19.1 Å². The Labute approximate surface area is 131 Å². The standard InChI is InChI=1S/C18H22N2O2/c1-13-3-4-14(2)15(11-13)12-18(21)20-16-5-7-17(8-6-16)22-10-9-19/h3-8,11H,9-10,12,19H2,1-2H3,(H,20,21). The van der Waals surface area contributed by atoms with Crippen LogP contribution in [0.25, 0.3) is 0 Å². The number of benzene rings is 2. The number of ether oxygens (including phenoxy) is 1. The van der Waals surface area contributed by atoms with Gasteiger partial charge in [0, 0.05) is 12.2 Å². The Morgan fingerprint density at radius 1 is 1.14 bits per heavy atom. The zero-order valence-corrected chi connectivity index (χ0v) is 13.1. The Morgan fingerprint density at radius 3 is 2.55 bits per heavy atom. The number of hydrogen-bond acceptors (Lipinski definition) is 3. The van der Waals surface area contributed by atoms with Crippen LogP contribution in [0.5, 0.6) is 5.75 Å². The Bertz CT molecular complexity index is 636. The number of rotatable bonds is 6. The van der Waals surface area contributed by atoms with Crippen LogP contribution in [0.3, 0.4) is 0 Å². The molecule has 0 aliphatic heterocycles. The molecule has 0 radical (unpaired) electrons. The maximum absolute atomic E-state index is 12.1. The van der Waals surface area contributed by atoms with E-state index in [9.17, 15) is 4.79 Å². The second kappa shape index (κ2) is 7.61. The summed E-state index contributed by atoms with van der Waals surface area (Å²) in [6.07, 6.45) is 0.374. The molecule has 2 rings (SSSR count). The monoisotopic (exact) mass is 298 g/mol. The molecule has 2 aromatic carbocycles. The fourth-order valence-electron chi connectivity index (χ4n) is 2.18. The molecular weight excluding hydrogens is 276 g/mol. The first-order valence-electron chi connectivity index (χ1n) is 7.37. The van der Waals surface area contributed by atoms with Crippen LogP contribution in [0, 0.1) is 13.8 Å². The zero-order valence-electron chi connectivity index (χ0n) is 13.1. The number of nitrogens with one attached hydrogen (secondary N) is 1. The number of anilines is 1. The minimum absolute atomic E-state index is 0.0238. The van der Waals surface area contributed by atoms with Gasteiger partial charge in [-0.25, -0.2) is 0 Å². The smallest absolute Gasteiger partial charge is 0.228 e. The summed E-state index contributed by atoms with van der Waals surface area (Å²) < 4.78 is 5.40. The summed E-state index contributed by atoms with van der Waals surface area (Å²) in [5, 5.41) is 2.90. The molecule has 0 unspecified atom stereocenters. The summed E-state index contributed by atoms with van der Waals surface area (Å²) in [5.74, 6) is 0.724. The number of carbonyl (C=O) groups is 1. The van der Waals surface area contributed by atoms with Crippen LogP contribution >= 0.6 is 0 Å². The summed E-state index contributed by atoms with van der Waals surface area (Å²) in [6, 6.07) is 13.4. The summed E-state index contributed by atoms with van der Waals surface area (Å²) in [6.45, 7) is 5.01. The molecular formula is C18H22N2O2. The quantitative estimate of drug-likeness (QED) is 0.862. The lowest BCUT2D eigenvalue weighted by Crippen LogP contribution is -2.15. The highest BCUT2D eigenvalue weighted by molar-refractivity contribution is 5.92. The van der Waals surface area contributed by atoms with E-state index < -0.39 is 0 Å². The Morgan fingerprint density at radius 2 is 1.86 bits per heavy atom. The molecule has 4 nitrogen and oxygen atoms in total. The van der Waals surface area contributed by atoms with Crippen molar-refractivity contribution in [2.45, 2.75) is 20.3 Å². The highest BCUT2D eigenvalue weighted by atomic mass is 16.5. The number of aryl methyl sites for hydroxylation is 2. The lowest BCUT2D eigenvalue weighted by Gasteiger charge is -2.09. The molecule has 0 atom stereocenters. The number of nitrogens with two attached hydrogens (primary N) is 1. The van der Waals surface area contributed by atoms with Gasteiger partial charge in [-0.3, -0.25) is 4.79 Å². The van der Waals surface area contributed by atoms with Crippen molar-refractivity contribution in [2.75, 3.05) is 18.5 Å². The average Bonchev–Trinajstić information content (AvgIpc) is 2.50. The molecule has 0 fully saturated rings. The van der Waals surface area contributed by atoms with Gasteiger partial charge in [0.2, 0.25) is 5.91 Å². The van der Waals surface area contributed by atoms with Crippen molar-refractivity contribution in [1.82, 2.24) is 0 Å². The third-order valence-electron chi connectivity index (χ3n) is 3.38. The predicted octanol–water partition coefficient (Wildman–Crippen LogP) is 2.82. The van der Waals surface area contributed by atoms with Gasteiger partial charge in [0.15, 0.2) is 0 Å². The number of hydrogen-bond donors (Lipinski definition) is 2. The second-order valence-electron chi connectivity index (χ2n) is 5.32. The van der Waals surface area contributed by atoms with Crippen LogP contribution in [0.4, 0.5) is 5.69 Å². The zero-order chi connectivity index (χ0) is 15.9. The van der Waals surface area contributed by atoms with Gasteiger partial charge in [-0.15, -0.1) is 0 Å². The maximum atomic E-state index is 12.1. The molecule has 0 saturated carbocycles. The van der Waals surface area contributed by atoms with E-state index in [0.717, 1.165) is 28.1 Å². The van der Waals surface area contributed by atoms with Crippen molar-refractivity contribution in [3.8, 4) is 5.75 Å². The van der Waals surface area contributed by atoms with Crippen LogP contribution in [0.2, 0.25) is 0 Å². The first-order valence-corrected chi connectivity index (χ1v) is 7.37. The molecule has 0 aromatic heterocycles. The molecule has 1 amide bonds. The van der Waals surface area contributed by atoms with Crippen LogP contribution in [-0.2, 0) is 11.2 Å². The number of amides is 1. The molecule has 4 heteroatoms. The number of carbonyl (C=O) groups excluding carboxylic acids is 1. The molecule has 3 N–H and O–H groups in total. The SMILES string of the molecule is Cc1ccc(C)c(CC(=O)Nc2ccc(OCCN)cc2)c1. The van der Waals surface area contributed by atoms with Gasteiger partial charge in [-0.2, -0.15) is 0 Å². The fourth-order valence-corrected chi connectivity index (χ4v) is 2.18. The van der Waals surface area contributed by atoms with E-state index in [4.69, 9.17) is 10.5 Å². The minimum Gasteiger partial charge on any atom is -0.492 e. The summed E-state index contributed by atoms with van der Waals surface area (Å²) >= 11 is 0. The van der Waals surface area contributed by atoms with Gasteiger partial charge in [-0.1, -0.05) is 23.8 Å². The lowest BCUT2D eigenvalue weighted by atomic mass is 10.0. The van der Waals surface area contributed by atoms with E-state index in [-0.39, 0.29) is 5.91 Å². The van der Waals surface area contributed by atoms with Crippen molar-refractivity contribution in [2.24, 2.45) is 5.73 Å². The Balaban J connectivity index is 1.95. The van der Waals surface area contributed by atoms with Gasteiger partial charge >= 0.3 is 0 Å². The summed E-state index contributed by atoms with van der Waals surface area (Å²) in [4.78, 5) is 12.1. The molecule has 0 saturated heterocycles. The largest absolute Gasteiger partial charge is 0.492 e. The van der Waals surface area contributed by atoms with Crippen LogP contribution < -0.4 is 15.8 Å². The Kier molecular flexibility index (Phi) is 5.55. The molecule has 0 spiro atoms. The van der Waals surface area contributed by atoms with Gasteiger partial charge in [0.1, 0.15) is 12.4 Å². The highest BCUT2D eigenvalue weighted by Gasteiger charge is 2.07. The lowest BCUT2D eigenvalue weighted by molar-refractivity contribution is -0.115. The van der Waals surface area contributed by atoms with E-state index >= 15 is 0 Å². The molecule has 22 heavy (non-hydrogen) atoms. The molecule has 116 valence electrons. The van der Waals surface area contributed by atoms with Crippen molar-refractivity contribution in [3.63, 3.8) is 0 Å². The van der Waals surface area contributed by atoms with Gasteiger partial charge in [0.25, 0.3) is 0 Å². The molecule has 0 heterocycles. The predicted molar refractivity (Wildman–Crippen MR) is 89.2 cm³/mol. The molecule has 2 aromatic rings. The second-order valence-corrected chi connectivity index (χ2v) is 5.32.